The molecule has 0 aromatic heterocycles. The molecule has 0 aliphatic carbocycles. The highest BCUT2D eigenvalue weighted by molar-refractivity contribution is 6.01. The second-order valence-electron chi connectivity index (χ2n) is 6.96. The van der Waals surface area contributed by atoms with E-state index < -0.39 is 0 Å². The van der Waals surface area contributed by atoms with Crippen molar-refractivity contribution in [1.29, 1.82) is 0 Å². The molecule has 0 N–H and O–H groups in total. The molecule has 0 saturated carbocycles. The van der Waals surface area contributed by atoms with E-state index in [1.54, 1.807) is 0 Å². The summed E-state index contributed by atoms with van der Waals surface area (Å²) in [6, 6.07) is 15.5. The number of para-hydroxylation sites is 1. The molecule has 5 rings (SSSR count). The molecule has 1 fully saturated rings. The van der Waals surface area contributed by atoms with E-state index >= 15 is 0 Å². The maximum absolute atomic E-state index is 5.65. The number of ether oxygens (including phenoxy) is 2. The Morgan fingerprint density at radius 2 is 1.88 bits per heavy atom. The Balaban J connectivity index is 1.40. The maximum atomic E-state index is 5.65. The number of hydrogen-bond acceptors (Lipinski definition) is 4. The first-order chi connectivity index (χ1) is 12.4. The van der Waals surface area contributed by atoms with E-state index in [0.29, 0.717) is 12.8 Å². The number of benzene rings is 2. The minimum absolute atomic E-state index is 0.329. The molecule has 0 spiro atoms. The van der Waals surface area contributed by atoms with E-state index in [4.69, 9.17) is 14.5 Å². The van der Waals surface area contributed by atoms with E-state index in [0.717, 1.165) is 37.4 Å². The lowest BCUT2D eigenvalue weighted by Gasteiger charge is -2.21. The Morgan fingerprint density at radius 1 is 1.00 bits per heavy atom. The number of fused-ring (bicyclic) bond motifs is 2. The smallest absolute Gasteiger partial charge is 0.231 e. The van der Waals surface area contributed by atoms with Crippen molar-refractivity contribution in [3.8, 4) is 11.5 Å². The van der Waals surface area contributed by atoms with Gasteiger partial charge >= 0.3 is 0 Å². The standard InChI is InChI=1S/C21H22N2O2/c1-2-8-18(21-22-13-17-7-4-12-23(17)21)15(5-1)10-11-16-6-3-9-19-20(16)25-14-24-19/h1-3,5-6,8-9,17H,4,7,10-14H2/t17-/m0/s1. The first-order valence-corrected chi connectivity index (χ1v) is 9.17. The molecule has 0 unspecified atom stereocenters. The fraction of sp³-hybridized carbons (Fsp3) is 0.381. The van der Waals surface area contributed by atoms with Gasteiger partial charge in [0.1, 0.15) is 5.84 Å². The molecule has 128 valence electrons. The molecule has 2 aromatic rings. The second-order valence-corrected chi connectivity index (χ2v) is 6.96. The monoisotopic (exact) mass is 334 g/mol. The molecule has 4 heteroatoms. The van der Waals surface area contributed by atoms with Crippen molar-refractivity contribution in [2.75, 3.05) is 19.9 Å². The van der Waals surface area contributed by atoms with Crippen LogP contribution >= 0.6 is 0 Å². The maximum Gasteiger partial charge on any atom is 0.231 e. The minimum Gasteiger partial charge on any atom is -0.454 e. The van der Waals surface area contributed by atoms with Crippen LogP contribution in [0.5, 0.6) is 11.5 Å². The van der Waals surface area contributed by atoms with Gasteiger partial charge in [0.15, 0.2) is 11.5 Å². The molecule has 0 amide bonds. The summed E-state index contributed by atoms with van der Waals surface area (Å²) in [5.74, 6) is 2.99. The normalized spacial score (nSPS) is 20.7. The van der Waals surface area contributed by atoms with Crippen LogP contribution in [0.15, 0.2) is 47.5 Å². The Kier molecular flexibility index (Phi) is 3.62. The largest absolute Gasteiger partial charge is 0.454 e. The van der Waals surface area contributed by atoms with E-state index in [2.05, 4.69) is 35.2 Å². The summed E-state index contributed by atoms with van der Waals surface area (Å²) in [5.41, 5.74) is 3.89. The zero-order chi connectivity index (χ0) is 16.6. The number of amidine groups is 1. The Morgan fingerprint density at radius 3 is 2.88 bits per heavy atom. The van der Waals surface area contributed by atoms with Crippen molar-refractivity contribution in [3.05, 3.63) is 59.2 Å². The topological polar surface area (TPSA) is 34.1 Å². The third-order valence-electron chi connectivity index (χ3n) is 5.50. The van der Waals surface area contributed by atoms with E-state index in [9.17, 15) is 0 Å². The van der Waals surface area contributed by atoms with E-state index in [-0.39, 0.29) is 0 Å². The van der Waals surface area contributed by atoms with Gasteiger partial charge in [-0.3, -0.25) is 4.99 Å². The Bertz CT molecular complexity index is 830. The predicted molar refractivity (Wildman–Crippen MR) is 97.5 cm³/mol. The van der Waals surface area contributed by atoms with Crippen LogP contribution in [0.4, 0.5) is 0 Å². The summed E-state index contributed by atoms with van der Waals surface area (Å²) in [4.78, 5) is 7.37. The summed E-state index contributed by atoms with van der Waals surface area (Å²) in [6.45, 7) is 2.44. The third-order valence-corrected chi connectivity index (χ3v) is 5.50. The molecule has 25 heavy (non-hydrogen) atoms. The van der Waals surface area contributed by atoms with Crippen LogP contribution in [0, 0.1) is 0 Å². The van der Waals surface area contributed by atoms with Gasteiger partial charge in [-0.25, -0.2) is 0 Å². The molecular weight excluding hydrogens is 312 g/mol. The van der Waals surface area contributed by atoms with Crippen molar-refractivity contribution in [2.24, 2.45) is 4.99 Å². The van der Waals surface area contributed by atoms with Crippen LogP contribution in [-0.2, 0) is 12.8 Å². The van der Waals surface area contributed by atoms with Crippen molar-refractivity contribution < 1.29 is 9.47 Å². The van der Waals surface area contributed by atoms with E-state index in [1.165, 1.54) is 35.4 Å². The lowest BCUT2D eigenvalue weighted by Crippen LogP contribution is -2.32. The fourth-order valence-corrected chi connectivity index (χ4v) is 4.24. The number of aliphatic imine (C=N–C) groups is 1. The number of nitrogens with zero attached hydrogens (tertiary/aromatic N) is 2. The van der Waals surface area contributed by atoms with Gasteiger partial charge in [-0.05, 0) is 42.9 Å². The quantitative estimate of drug-likeness (QED) is 0.859. The molecule has 3 aliphatic rings. The fourth-order valence-electron chi connectivity index (χ4n) is 4.24. The highest BCUT2D eigenvalue weighted by Gasteiger charge is 2.33. The van der Waals surface area contributed by atoms with Gasteiger partial charge in [0, 0.05) is 12.1 Å². The highest BCUT2D eigenvalue weighted by Crippen LogP contribution is 2.36. The Hall–Kier alpha value is -2.49. The second kappa shape index (κ2) is 6.10. The zero-order valence-corrected chi connectivity index (χ0v) is 14.3. The molecule has 3 heterocycles. The first-order valence-electron chi connectivity index (χ1n) is 9.17. The molecule has 0 radical (unpaired) electrons. The van der Waals surface area contributed by atoms with Crippen molar-refractivity contribution in [2.45, 2.75) is 31.7 Å². The van der Waals surface area contributed by atoms with Crippen molar-refractivity contribution >= 4 is 5.84 Å². The molecule has 0 bridgehead atoms. The summed E-state index contributed by atoms with van der Waals surface area (Å²) >= 11 is 0. The van der Waals surface area contributed by atoms with Gasteiger partial charge in [0.05, 0.1) is 12.6 Å². The number of aryl methyl sites for hydroxylation is 2. The third kappa shape index (κ3) is 2.56. The number of hydrogen-bond donors (Lipinski definition) is 0. The van der Waals surface area contributed by atoms with Gasteiger partial charge in [0.2, 0.25) is 6.79 Å². The van der Waals surface area contributed by atoms with Gasteiger partial charge < -0.3 is 14.4 Å². The van der Waals surface area contributed by atoms with Gasteiger partial charge in [-0.15, -0.1) is 0 Å². The molecular formula is C21H22N2O2. The SMILES string of the molecule is c1ccc(C2=NC[C@@H]3CCCN23)c(CCc2cccc3c2OCO3)c1. The first kappa shape index (κ1) is 14.8. The Labute approximate surface area is 148 Å². The molecule has 3 aliphatic heterocycles. The minimum atomic E-state index is 0.329. The van der Waals surface area contributed by atoms with Crippen LogP contribution in [0.2, 0.25) is 0 Å². The van der Waals surface area contributed by atoms with Crippen LogP contribution in [-0.4, -0.2) is 36.7 Å². The van der Waals surface area contributed by atoms with Crippen LogP contribution in [0.25, 0.3) is 0 Å². The van der Waals surface area contributed by atoms with Gasteiger partial charge in [-0.2, -0.15) is 0 Å². The van der Waals surface area contributed by atoms with Crippen LogP contribution in [0.1, 0.15) is 29.5 Å². The lowest BCUT2D eigenvalue weighted by molar-refractivity contribution is 0.173. The lowest BCUT2D eigenvalue weighted by atomic mass is 9.98. The summed E-state index contributed by atoms with van der Waals surface area (Å²) in [7, 11) is 0. The van der Waals surface area contributed by atoms with Crippen LogP contribution in [0.3, 0.4) is 0 Å². The van der Waals surface area contributed by atoms with Gasteiger partial charge in [-0.1, -0.05) is 36.4 Å². The van der Waals surface area contributed by atoms with Gasteiger partial charge in [0.25, 0.3) is 0 Å². The predicted octanol–water partition coefficient (Wildman–Crippen LogP) is 3.43. The summed E-state index contributed by atoms with van der Waals surface area (Å²) in [6.07, 6.45) is 4.50. The molecule has 1 atom stereocenters. The highest BCUT2D eigenvalue weighted by atomic mass is 16.7. The number of rotatable bonds is 4. The zero-order valence-electron chi connectivity index (χ0n) is 14.3. The van der Waals surface area contributed by atoms with E-state index in [1.807, 2.05) is 12.1 Å². The molecule has 2 aromatic carbocycles. The molecule has 1 saturated heterocycles. The average molecular weight is 334 g/mol. The molecule has 4 nitrogen and oxygen atoms in total. The van der Waals surface area contributed by atoms with Crippen molar-refractivity contribution in [3.63, 3.8) is 0 Å². The average Bonchev–Trinajstić information content (AvgIpc) is 3.36. The van der Waals surface area contributed by atoms with Crippen LogP contribution < -0.4 is 9.47 Å². The van der Waals surface area contributed by atoms with Crippen molar-refractivity contribution in [1.82, 2.24) is 4.90 Å². The summed E-state index contributed by atoms with van der Waals surface area (Å²) in [5, 5.41) is 0. The summed E-state index contributed by atoms with van der Waals surface area (Å²) < 4.78 is 11.1.